The standard InChI is InChI=1S/C26H31ClF2N6O2Si/c1-16-14-34(8-9-37-16)21-12-17-20(13-30-21)31-26(22-18(28)6-5-7-19(22)29)32-23-24(17)35(33-25(23)27)15-36-10-11-38(2,3)4/h5-7,12-13,16H,8-11,14-15H2,1-4H3,(H,31,32)/t16-/m1/s1. The van der Waals surface area contributed by atoms with Crippen molar-refractivity contribution in [2.24, 2.45) is 4.99 Å². The Hall–Kier alpha value is -2.86. The Kier molecular flexibility index (Phi) is 7.54. The van der Waals surface area contributed by atoms with Crippen LogP contribution in [-0.4, -0.2) is 61.1 Å². The van der Waals surface area contributed by atoms with E-state index >= 15 is 0 Å². The van der Waals surface area contributed by atoms with Gasteiger partial charge < -0.3 is 19.7 Å². The number of aliphatic imine (C=N–C) groups is 1. The maximum atomic E-state index is 14.8. The van der Waals surface area contributed by atoms with Gasteiger partial charge in [-0.25, -0.2) is 23.4 Å². The van der Waals surface area contributed by atoms with E-state index < -0.39 is 19.7 Å². The third-order valence-electron chi connectivity index (χ3n) is 6.48. The summed E-state index contributed by atoms with van der Waals surface area (Å²) in [6.45, 7) is 11.6. The van der Waals surface area contributed by atoms with Gasteiger partial charge in [0.15, 0.2) is 5.15 Å². The Morgan fingerprint density at radius 1 is 1.24 bits per heavy atom. The number of nitrogens with zero attached hydrogens (tertiary/aromatic N) is 5. The van der Waals surface area contributed by atoms with Gasteiger partial charge >= 0.3 is 0 Å². The molecule has 38 heavy (non-hydrogen) atoms. The molecule has 4 heterocycles. The largest absolute Gasteiger partial charge is 0.375 e. The molecule has 12 heteroatoms. The van der Waals surface area contributed by atoms with E-state index in [1.165, 1.54) is 18.2 Å². The summed E-state index contributed by atoms with van der Waals surface area (Å²) in [5.41, 5.74) is 1.83. The van der Waals surface area contributed by atoms with Crippen molar-refractivity contribution in [3.8, 4) is 11.3 Å². The van der Waals surface area contributed by atoms with Crippen LogP contribution in [0.5, 0.6) is 0 Å². The summed E-state index contributed by atoms with van der Waals surface area (Å²) < 4.78 is 42.9. The van der Waals surface area contributed by atoms with E-state index in [1.54, 1.807) is 10.9 Å². The molecule has 1 N–H and O–H groups in total. The van der Waals surface area contributed by atoms with Crippen molar-refractivity contribution in [3.05, 3.63) is 52.8 Å². The molecule has 2 aliphatic rings. The third kappa shape index (κ3) is 5.61. The van der Waals surface area contributed by atoms with Gasteiger partial charge in [0, 0.05) is 33.3 Å². The lowest BCUT2D eigenvalue weighted by Crippen LogP contribution is -2.41. The number of hydrogen-bond acceptors (Lipinski definition) is 7. The number of morpholine rings is 1. The van der Waals surface area contributed by atoms with Crippen molar-refractivity contribution >= 4 is 42.7 Å². The molecular weight excluding hydrogens is 530 g/mol. The Bertz CT molecular complexity index is 1360. The molecule has 0 radical (unpaired) electrons. The van der Waals surface area contributed by atoms with Crippen LogP contribution in [0.2, 0.25) is 30.8 Å². The summed E-state index contributed by atoms with van der Waals surface area (Å²) >= 11 is 6.58. The molecule has 8 nitrogen and oxygen atoms in total. The second-order valence-electron chi connectivity index (χ2n) is 10.7. The third-order valence-corrected chi connectivity index (χ3v) is 8.44. The minimum Gasteiger partial charge on any atom is -0.375 e. The quantitative estimate of drug-likeness (QED) is 0.286. The highest BCUT2D eigenvalue weighted by atomic mass is 35.5. The molecule has 2 aliphatic heterocycles. The van der Waals surface area contributed by atoms with Crippen molar-refractivity contribution in [3.63, 3.8) is 0 Å². The first-order chi connectivity index (χ1) is 18.1. The summed E-state index contributed by atoms with van der Waals surface area (Å²) in [4.78, 5) is 11.4. The first-order valence-electron chi connectivity index (χ1n) is 12.6. The molecule has 2 aromatic heterocycles. The highest BCUT2D eigenvalue weighted by Gasteiger charge is 2.29. The molecule has 5 rings (SSSR count). The topological polar surface area (TPSA) is 76.8 Å². The van der Waals surface area contributed by atoms with E-state index in [9.17, 15) is 8.78 Å². The highest BCUT2D eigenvalue weighted by Crippen LogP contribution is 2.43. The van der Waals surface area contributed by atoms with Gasteiger partial charge in [0.1, 0.15) is 41.4 Å². The van der Waals surface area contributed by atoms with Gasteiger partial charge in [0.05, 0.1) is 30.2 Å². The predicted molar refractivity (Wildman–Crippen MR) is 148 cm³/mol. The molecule has 0 saturated carbocycles. The van der Waals surface area contributed by atoms with Crippen LogP contribution in [0.15, 0.2) is 35.5 Å². The molecule has 0 spiro atoms. The van der Waals surface area contributed by atoms with Crippen LogP contribution < -0.4 is 10.2 Å². The SMILES string of the molecule is C[C@@H]1CN(c2cc3c(cn2)NC(c2c(F)cccc2F)=Nc2c(Cl)nn(COCC[Si](C)(C)C)c2-3)CCO1. The Balaban J connectivity index is 1.60. The van der Waals surface area contributed by atoms with E-state index in [4.69, 9.17) is 21.1 Å². The fraction of sp³-hybridized carbons (Fsp3) is 0.423. The van der Waals surface area contributed by atoms with Crippen molar-refractivity contribution in [2.45, 2.75) is 45.4 Å². The van der Waals surface area contributed by atoms with Crippen LogP contribution in [0.25, 0.3) is 11.3 Å². The van der Waals surface area contributed by atoms with E-state index in [0.717, 1.165) is 11.9 Å². The Labute approximate surface area is 226 Å². The molecule has 0 unspecified atom stereocenters. The van der Waals surface area contributed by atoms with Crippen LogP contribution >= 0.6 is 11.6 Å². The molecular formula is C26H31ClF2N6O2Si. The molecule has 202 valence electrons. The first-order valence-corrected chi connectivity index (χ1v) is 16.7. The lowest BCUT2D eigenvalue weighted by atomic mass is 10.1. The molecule has 1 fully saturated rings. The number of anilines is 2. The first kappa shape index (κ1) is 26.7. The molecule has 1 aromatic carbocycles. The number of benzene rings is 1. The number of ether oxygens (including phenoxy) is 2. The van der Waals surface area contributed by atoms with Gasteiger partial charge in [0.2, 0.25) is 0 Å². The summed E-state index contributed by atoms with van der Waals surface area (Å²) in [6.07, 6.45) is 1.71. The monoisotopic (exact) mass is 560 g/mol. The number of aromatic nitrogens is 3. The fourth-order valence-corrected chi connectivity index (χ4v) is 5.44. The van der Waals surface area contributed by atoms with Gasteiger partial charge in [-0.3, -0.25) is 0 Å². The summed E-state index contributed by atoms with van der Waals surface area (Å²) in [5.74, 6) is -0.760. The average molecular weight is 561 g/mol. The second-order valence-corrected chi connectivity index (χ2v) is 16.7. The highest BCUT2D eigenvalue weighted by molar-refractivity contribution is 6.76. The number of rotatable bonds is 7. The normalized spacial score (nSPS) is 17.4. The van der Waals surface area contributed by atoms with Crippen molar-refractivity contribution in [1.29, 1.82) is 0 Å². The van der Waals surface area contributed by atoms with Gasteiger partial charge in [-0.1, -0.05) is 37.3 Å². The predicted octanol–water partition coefficient (Wildman–Crippen LogP) is 5.92. The van der Waals surface area contributed by atoms with Gasteiger partial charge in [-0.2, -0.15) is 5.10 Å². The van der Waals surface area contributed by atoms with E-state index in [-0.39, 0.29) is 29.4 Å². The minimum absolute atomic E-state index is 0.0174. The molecule has 0 aliphatic carbocycles. The molecule has 1 atom stereocenters. The van der Waals surface area contributed by atoms with Crippen LogP contribution in [-0.2, 0) is 16.2 Å². The number of fused-ring (bicyclic) bond motifs is 3. The number of halogens is 3. The van der Waals surface area contributed by atoms with E-state index in [1.807, 2.05) is 13.0 Å². The van der Waals surface area contributed by atoms with Gasteiger partial charge in [0.25, 0.3) is 0 Å². The number of pyridine rings is 1. The zero-order valence-electron chi connectivity index (χ0n) is 21.9. The number of hydrogen-bond donors (Lipinski definition) is 1. The minimum atomic E-state index is -1.28. The molecule has 0 bridgehead atoms. The molecule has 3 aromatic rings. The van der Waals surface area contributed by atoms with E-state index in [2.05, 4.69) is 44.9 Å². The average Bonchev–Trinajstić information content (AvgIpc) is 3.05. The Morgan fingerprint density at radius 3 is 2.71 bits per heavy atom. The van der Waals surface area contributed by atoms with Crippen molar-refractivity contribution in [1.82, 2.24) is 14.8 Å². The number of amidine groups is 1. The Morgan fingerprint density at radius 2 is 2.00 bits per heavy atom. The molecule has 0 amide bonds. The zero-order valence-corrected chi connectivity index (χ0v) is 23.6. The maximum absolute atomic E-state index is 14.8. The van der Waals surface area contributed by atoms with Crippen LogP contribution in [0.1, 0.15) is 12.5 Å². The van der Waals surface area contributed by atoms with Crippen molar-refractivity contribution < 1.29 is 18.3 Å². The summed E-state index contributed by atoms with van der Waals surface area (Å²) in [7, 11) is -1.28. The number of nitrogens with one attached hydrogen (secondary N) is 1. The molecule has 1 saturated heterocycles. The van der Waals surface area contributed by atoms with Crippen LogP contribution in [0.3, 0.4) is 0 Å². The van der Waals surface area contributed by atoms with Crippen LogP contribution in [0, 0.1) is 11.6 Å². The fourth-order valence-electron chi connectivity index (χ4n) is 4.46. The maximum Gasteiger partial charge on any atom is 0.177 e. The van der Waals surface area contributed by atoms with Gasteiger partial charge in [-0.05, 0) is 31.2 Å². The van der Waals surface area contributed by atoms with E-state index in [0.29, 0.717) is 48.9 Å². The van der Waals surface area contributed by atoms with Gasteiger partial charge in [-0.15, -0.1) is 0 Å². The van der Waals surface area contributed by atoms with Crippen LogP contribution in [0.4, 0.5) is 26.0 Å². The van der Waals surface area contributed by atoms with Crippen molar-refractivity contribution in [2.75, 3.05) is 36.5 Å². The smallest absolute Gasteiger partial charge is 0.177 e. The summed E-state index contributed by atoms with van der Waals surface area (Å²) in [6, 6.07) is 6.61. The summed E-state index contributed by atoms with van der Waals surface area (Å²) in [5, 5.41) is 7.69. The second kappa shape index (κ2) is 10.7. The zero-order chi connectivity index (χ0) is 27.0. The lowest BCUT2D eigenvalue weighted by molar-refractivity contribution is 0.0529. The lowest BCUT2D eigenvalue weighted by Gasteiger charge is -2.32.